The molecule has 0 N–H and O–H groups in total. The van der Waals surface area contributed by atoms with Gasteiger partial charge in [-0.15, -0.1) is 0 Å². The maximum Gasteiger partial charge on any atom is 0.109 e. The van der Waals surface area contributed by atoms with Gasteiger partial charge in [0.1, 0.15) is 7.28 Å². The van der Waals surface area contributed by atoms with E-state index in [9.17, 15) is 0 Å². The highest BCUT2D eigenvalue weighted by Gasteiger charge is 2.24. The number of rotatable bonds is 1. The third-order valence-corrected chi connectivity index (χ3v) is 4.03. The van der Waals surface area contributed by atoms with E-state index in [0.29, 0.717) is 0 Å². The Hall–Kier alpha value is 0.0649. The van der Waals surface area contributed by atoms with Gasteiger partial charge in [0.25, 0.3) is 0 Å². The molecular formula is C12H22B. The summed E-state index contributed by atoms with van der Waals surface area (Å²) in [5.74, 6) is 2.18. The quantitative estimate of drug-likeness (QED) is 0.532. The highest BCUT2D eigenvalue weighted by atomic mass is 14.3. The zero-order chi connectivity index (χ0) is 8.93. The molecule has 73 valence electrons. The molecule has 2 rings (SSSR count). The second-order valence-corrected chi connectivity index (χ2v) is 4.97. The van der Waals surface area contributed by atoms with Crippen LogP contribution in [0.15, 0.2) is 0 Å². The van der Waals surface area contributed by atoms with E-state index >= 15 is 0 Å². The molecule has 0 bridgehead atoms. The summed E-state index contributed by atoms with van der Waals surface area (Å²) in [6, 6.07) is 0. The van der Waals surface area contributed by atoms with Crippen LogP contribution in [-0.2, 0) is 0 Å². The average Bonchev–Trinajstić information content (AvgIpc) is 2.55. The summed E-state index contributed by atoms with van der Waals surface area (Å²) in [5, 5.41) is 0. The van der Waals surface area contributed by atoms with Gasteiger partial charge in [-0.2, -0.15) is 0 Å². The Morgan fingerprint density at radius 2 is 1.38 bits per heavy atom. The molecule has 2 aliphatic rings. The van der Waals surface area contributed by atoms with Gasteiger partial charge < -0.3 is 0 Å². The molecule has 1 aliphatic heterocycles. The van der Waals surface area contributed by atoms with Gasteiger partial charge in [0.2, 0.25) is 0 Å². The minimum atomic E-state index is 1.08. The highest BCUT2D eigenvalue weighted by molar-refractivity contribution is 6.36. The lowest BCUT2D eigenvalue weighted by atomic mass is 9.73. The maximum absolute atomic E-state index is 2.52. The summed E-state index contributed by atoms with van der Waals surface area (Å²) < 4.78 is 0. The molecule has 13 heavy (non-hydrogen) atoms. The van der Waals surface area contributed by atoms with Gasteiger partial charge in [0, 0.05) is 0 Å². The molecule has 1 radical (unpaired) electrons. The van der Waals surface area contributed by atoms with Crippen LogP contribution >= 0.6 is 0 Å². The van der Waals surface area contributed by atoms with Crippen molar-refractivity contribution in [2.24, 2.45) is 11.8 Å². The van der Waals surface area contributed by atoms with Crippen LogP contribution in [-0.4, -0.2) is 7.28 Å². The van der Waals surface area contributed by atoms with Crippen molar-refractivity contribution >= 4 is 7.28 Å². The first-order valence-electron chi connectivity index (χ1n) is 6.28. The van der Waals surface area contributed by atoms with Crippen LogP contribution in [0.4, 0.5) is 0 Å². The first-order valence-corrected chi connectivity index (χ1v) is 6.28. The van der Waals surface area contributed by atoms with Crippen molar-refractivity contribution < 1.29 is 0 Å². The van der Waals surface area contributed by atoms with Crippen LogP contribution in [0.5, 0.6) is 0 Å². The lowest BCUT2D eigenvalue weighted by molar-refractivity contribution is 0.283. The van der Waals surface area contributed by atoms with E-state index in [2.05, 4.69) is 7.28 Å². The van der Waals surface area contributed by atoms with Gasteiger partial charge in [-0.3, -0.25) is 0 Å². The van der Waals surface area contributed by atoms with Crippen molar-refractivity contribution in [1.82, 2.24) is 0 Å². The van der Waals surface area contributed by atoms with Crippen LogP contribution in [0.3, 0.4) is 0 Å². The molecule has 0 amide bonds. The van der Waals surface area contributed by atoms with E-state index in [1.165, 1.54) is 51.2 Å². The van der Waals surface area contributed by atoms with E-state index in [1.807, 2.05) is 0 Å². The molecule has 1 unspecified atom stereocenters. The first-order chi connectivity index (χ1) is 6.47. The molecule has 1 aliphatic carbocycles. The van der Waals surface area contributed by atoms with Crippen LogP contribution in [0.2, 0.25) is 12.6 Å². The van der Waals surface area contributed by atoms with Crippen molar-refractivity contribution in [3.8, 4) is 0 Å². The molecule has 1 saturated carbocycles. The Labute approximate surface area is 83.7 Å². The van der Waals surface area contributed by atoms with Crippen LogP contribution in [0, 0.1) is 11.8 Å². The molecule has 1 heteroatoms. The summed E-state index contributed by atoms with van der Waals surface area (Å²) in [6.45, 7) is 0. The van der Waals surface area contributed by atoms with Gasteiger partial charge in [0.05, 0.1) is 0 Å². The molecule has 1 heterocycles. The molecule has 1 saturated heterocycles. The zero-order valence-electron chi connectivity index (χ0n) is 8.80. The van der Waals surface area contributed by atoms with E-state index in [0.717, 1.165) is 11.8 Å². The predicted molar refractivity (Wildman–Crippen MR) is 59.3 cm³/mol. The maximum atomic E-state index is 2.52. The standard InChI is InChI=1S/C12H22B/c1-2-4-6-11(7-5-3-1)12-8-9-13-10-12/h11-12H,1-10H2. The minimum Gasteiger partial charge on any atom is -0.0801 e. The van der Waals surface area contributed by atoms with E-state index < -0.39 is 0 Å². The second kappa shape index (κ2) is 5.07. The Morgan fingerprint density at radius 3 is 2.00 bits per heavy atom. The third kappa shape index (κ3) is 2.75. The van der Waals surface area contributed by atoms with E-state index in [-0.39, 0.29) is 0 Å². The Morgan fingerprint density at radius 1 is 0.692 bits per heavy atom. The van der Waals surface area contributed by atoms with Crippen molar-refractivity contribution in [3.63, 3.8) is 0 Å². The molecule has 1 atom stereocenters. The Balaban J connectivity index is 1.80. The molecule has 2 fully saturated rings. The van der Waals surface area contributed by atoms with Crippen molar-refractivity contribution in [2.75, 3.05) is 0 Å². The van der Waals surface area contributed by atoms with E-state index in [4.69, 9.17) is 0 Å². The molecule has 0 aromatic rings. The summed E-state index contributed by atoms with van der Waals surface area (Å²) >= 11 is 0. The molecule has 0 nitrogen and oxygen atoms in total. The Bertz CT molecular complexity index is 130. The second-order valence-electron chi connectivity index (χ2n) is 4.97. The Kier molecular flexibility index (Phi) is 3.75. The van der Waals surface area contributed by atoms with Crippen LogP contribution in [0.1, 0.15) is 51.4 Å². The van der Waals surface area contributed by atoms with E-state index in [1.54, 1.807) is 12.8 Å². The van der Waals surface area contributed by atoms with Gasteiger partial charge in [-0.25, -0.2) is 0 Å². The van der Waals surface area contributed by atoms with Crippen LogP contribution < -0.4 is 0 Å². The van der Waals surface area contributed by atoms with Crippen molar-refractivity contribution in [1.29, 1.82) is 0 Å². The van der Waals surface area contributed by atoms with Gasteiger partial charge in [-0.1, -0.05) is 64.0 Å². The molecule has 0 spiro atoms. The fourth-order valence-corrected chi connectivity index (χ4v) is 3.17. The lowest BCUT2D eigenvalue weighted by Crippen LogP contribution is -2.13. The number of hydrogen-bond acceptors (Lipinski definition) is 0. The normalized spacial score (nSPS) is 32.2. The third-order valence-electron chi connectivity index (χ3n) is 4.03. The zero-order valence-corrected chi connectivity index (χ0v) is 8.80. The molecular weight excluding hydrogens is 155 g/mol. The lowest BCUT2D eigenvalue weighted by Gasteiger charge is -2.25. The molecule has 0 aromatic carbocycles. The fraction of sp³-hybridized carbons (Fsp3) is 1.00. The van der Waals surface area contributed by atoms with Gasteiger partial charge >= 0.3 is 0 Å². The van der Waals surface area contributed by atoms with Crippen molar-refractivity contribution in [2.45, 2.75) is 64.0 Å². The number of hydrogen-bond donors (Lipinski definition) is 0. The highest BCUT2D eigenvalue weighted by Crippen LogP contribution is 2.36. The monoisotopic (exact) mass is 177 g/mol. The summed E-state index contributed by atoms with van der Waals surface area (Å²) in [5.41, 5.74) is 0. The van der Waals surface area contributed by atoms with Gasteiger partial charge in [-0.05, 0) is 11.8 Å². The average molecular weight is 177 g/mol. The van der Waals surface area contributed by atoms with Crippen LogP contribution in [0.25, 0.3) is 0 Å². The van der Waals surface area contributed by atoms with Gasteiger partial charge in [0.15, 0.2) is 0 Å². The topological polar surface area (TPSA) is 0 Å². The molecule has 0 aromatic heterocycles. The fourth-order valence-electron chi connectivity index (χ4n) is 3.17. The SMILES string of the molecule is [B]1CCC(C2CCCCCCC2)C1. The van der Waals surface area contributed by atoms with Crippen molar-refractivity contribution in [3.05, 3.63) is 0 Å². The summed E-state index contributed by atoms with van der Waals surface area (Å²) in [4.78, 5) is 0. The predicted octanol–water partition coefficient (Wildman–Crippen LogP) is 3.91. The largest absolute Gasteiger partial charge is 0.109 e. The first kappa shape index (κ1) is 9.61. The summed E-state index contributed by atoms with van der Waals surface area (Å²) in [7, 11) is 2.52. The smallest absolute Gasteiger partial charge is 0.0801 e. The minimum absolute atomic E-state index is 1.08. The summed E-state index contributed by atoms with van der Waals surface area (Å²) in [6.07, 6.45) is 15.0.